The number of halogens is 3. The summed E-state index contributed by atoms with van der Waals surface area (Å²) in [4.78, 5) is 44.3. The fourth-order valence-electron chi connectivity index (χ4n) is 4.75. The summed E-state index contributed by atoms with van der Waals surface area (Å²) in [5.41, 5.74) is 0.815. The van der Waals surface area contributed by atoms with E-state index in [1.165, 1.54) is 17.0 Å². The maximum absolute atomic E-state index is 13.1. The quantitative estimate of drug-likeness (QED) is 0.183. The maximum atomic E-state index is 13.1. The summed E-state index contributed by atoms with van der Waals surface area (Å²) < 4.78 is 45.0. The van der Waals surface area contributed by atoms with Crippen LogP contribution in [-0.2, 0) is 28.5 Å². The summed E-state index contributed by atoms with van der Waals surface area (Å²) in [6.45, 7) is 7.23. The number of carbonyl (C=O) groups is 2. The number of rotatable bonds is 17. The van der Waals surface area contributed by atoms with Crippen molar-refractivity contribution in [2.45, 2.75) is 39.3 Å². The Labute approximate surface area is 257 Å². The number of aromatic amines is 1. The number of amides is 2. The van der Waals surface area contributed by atoms with Gasteiger partial charge in [-0.1, -0.05) is 49.4 Å². The van der Waals surface area contributed by atoms with Gasteiger partial charge in [0.15, 0.2) is 0 Å². The fourth-order valence-corrected chi connectivity index (χ4v) is 5.64. The van der Waals surface area contributed by atoms with Gasteiger partial charge in [0.1, 0.15) is 11.3 Å². The number of carboxylic acid groups (broad SMARTS) is 1. The first-order valence-electron chi connectivity index (χ1n) is 14.5. The zero-order chi connectivity index (χ0) is 32.3. The molecule has 3 aromatic rings. The van der Waals surface area contributed by atoms with Crippen LogP contribution in [0.15, 0.2) is 41.2 Å². The molecule has 2 aromatic carbocycles. The average Bonchev–Trinajstić information content (AvgIpc) is 3.39. The fraction of sp³-hybridized carbons (Fsp3) is 0.500. The Hall–Kier alpha value is -3.62. The van der Waals surface area contributed by atoms with E-state index in [-0.39, 0.29) is 62.2 Å². The lowest BCUT2D eigenvalue weighted by Crippen LogP contribution is -2.44. The Kier molecular flexibility index (Phi) is 13.0. The first-order valence-corrected chi connectivity index (χ1v) is 15.3. The van der Waals surface area contributed by atoms with E-state index in [2.05, 4.69) is 9.88 Å². The van der Waals surface area contributed by atoms with Gasteiger partial charge >= 0.3 is 17.1 Å². The number of nitrogens with one attached hydrogen (secondary N) is 1. The molecule has 0 radical (unpaired) electrons. The van der Waals surface area contributed by atoms with Gasteiger partial charge in [0.2, 0.25) is 5.91 Å². The van der Waals surface area contributed by atoms with Gasteiger partial charge in [-0.15, -0.1) is 0 Å². The number of benzene rings is 2. The highest BCUT2D eigenvalue weighted by Gasteiger charge is 2.30. The molecule has 0 saturated heterocycles. The molecule has 1 heterocycles. The number of phenols is 1. The van der Waals surface area contributed by atoms with Gasteiger partial charge in [0.25, 0.3) is 0 Å². The van der Waals surface area contributed by atoms with E-state index in [9.17, 15) is 37.8 Å². The summed E-state index contributed by atoms with van der Waals surface area (Å²) in [5, 5.41) is 19.9. The Bertz CT molecular complexity index is 1440. The lowest BCUT2D eigenvalue weighted by atomic mass is 10.1. The van der Waals surface area contributed by atoms with Crippen LogP contribution in [0, 0.1) is 0 Å². The van der Waals surface area contributed by atoms with Crippen LogP contribution in [0.5, 0.6) is 5.75 Å². The maximum Gasteiger partial charge on any atom is 0.416 e. The second-order valence-electron chi connectivity index (χ2n) is 10.2. The highest BCUT2D eigenvalue weighted by molar-refractivity contribution is 7.16. The Morgan fingerprint density at radius 3 is 2.34 bits per heavy atom. The molecule has 0 aliphatic carbocycles. The van der Waals surface area contributed by atoms with Gasteiger partial charge in [-0.2, -0.15) is 13.2 Å². The molecular weight excluding hydrogens is 601 g/mol. The molecule has 0 spiro atoms. The molecule has 0 saturated carbocycles. The first kappa shape index (κ1) is 34.9. The molecule has 44 heavy (non-hydrogen) atoms. The van der Waals surface area contributed by atoms with Gasteiger partial charge in [0.05, 0.1) is 29.9 Å². The van der Waals surface area contributed by atoms with Crippen molar-refractivity contribution in [2.24, 2.45) is 0 Å². The zero-order valence-electron chi connectivity index (χ0n) is 24.9. The molecule has 3 rings (SSSR count). The Morgan fingerprint density at radius 2 is 1.66 bits per heavy atom. The number of aromatic nitrogens is 1. The third-order valence-electron chi connectivity index (χ3n) is 7.38. The predicted molar refractivity (Wildman–Crippen MR) is 162 cm³/mol. The van der Waals surface area contributed by atoms with Crippen molar-refractivity contribution in [3.63, 3.8) is 0 Å². The number of fused-ring (bicyclic) bond motifs is 1. The molecule has 0 fully saturated rings. The van der Waals surface area contributed by atoms with Gasteiger partial charge in [-0.3, -0.25) is 9.59 Å². The predicted octanol–water partition coefficient (Wildman–Crippen LogP) is 4.66. The molecule has 1 aromatic heterocycles. The minimum absolute atomic E-state index is 0.0474. The van der Waals surface area contributed by atoms with E-state index in [1.54, 1.807) is 17.0 Å². The molecule has 0 aliphatic rings. The molecule has 0 bridgehead atoms. The van der Waals surface area contributed by atoms with Crippen molar-refractivity contribution in [3.05, 3.63) is 62.8 Å². The standard InChI is InChI=1S/C30H39F3N4O6S/c1-3-35(4-2)14-15-36(25(39)12-19-43-18-11-21-6-5-7-23(20-21)30(31,32)33)16-17-37(29(41)42)13-10-22-8-9-24(38)26-27(22)44-28(40)34-26/h5-9,20,38H,3-4,10-19H2,1-2H3,(H,34,40)(H,41,42). The number of hydrogen-bond donors (Lipinski definition) is 3. The van der Waals surface area contributed by atoms with Crippen LogP contribution < -0.4 is 4.87 Å². The van der Waals surface area contributed by atoms with Crippen molar-refractivity contribution < 1.29 is 37.7 Å². The number of H-pyrrole nitrogens is 1. The van der Waals surface area contributed by atoms with E-state index in [4.69, 9.17) is 4.74 Å². The number of phenolic OH excluding ortho intramolecular Hbond substituents is 1. The summed E-state index contributed by atoms with van der Waals surface area (Å²) in [7, 11) is 0. The number of carbonyl (C=O) groups excluding carboxylic acids is 1. The molecule has 0 unspecified atom stereocenters. The highest BCUT2D eigenvalue weighted by atomic mass is 32.1. The number of hydrogen-bond acceptors (Lipinski definition) is 7. The minimum atomic E-state index is -4.42. The van der Waals surface area contributed by atoms with Crippen molar-refractivity contribution in [3.8, 4) is 5.75 Å². The second-order valence-corrected chi connectivity index (χ2v) is 11.2. The summed E-state index contributed by atoms with van der Waals surface area (Å²) in [6, 6.07) is 8.16. The number of likely N-dealkylation sites (N-methyl/N-ethyl adjacent to an activating group) is 1. The van der Waals surface area contributed by atoms with Crippen molar-refractivity contribution in [1.29, 1.82) is 0 Å². The lowest BCUT2D eigenvalue weighted by Gasteiger charge is -2.29. The number of ether oxygens (including phenoxy) is 1. The third-order valence-corrected chi connectivity index (χ3v) is 8.34. The van der Waals surface area contributed by atoms with Crippen LogP contribution in [0.3, 0.4) is 0 Å². The van der Waals surface area contributed by atoms with E-state index in [0.29, 0.717) is 35.3 Å². The second kappa shape index (κ2) is 16.5. The monoisotopic (exact) mass is 640 g/mol. The van der Waals surface area contributed by atoms with Gasteiger partial charge in [-0.25, -0.2) is 4.79 Å². The number of thiazole rings is 1. The molecule has 0 atom stereocenters. The summed E-state index contributed by atoms with van der Waals surface area (Å²) in [6.07, 6.45) is -4.94. The Morgan fingerprint density at radius 1 is 0.955 bits per heavy atom. The normalized spacial score (nSPS) is 11.8. The minimum Gasteiger partial charge on any atom is -0.506 e. The molecule has 14 heteroatoms. The number of nitrogens with zero attached hydrogens (tertiary/aromatic N) is 3. The molecule has 2 amide bonds. The van der Waals surface area contributed by atoms with Gasteiger partial charge < -0.3 is 34.6 Å². The molecular formula is C30H39F3N4O6S. The molecule has 0 aliphatic heterocycles. The van der Waals surface area contributed by atoms with E-state index >= 15 is 0 Å². The average molecular weight is 641 g/mol. The number of alkyl halides is 3. The third kappa shape index (κ3) is 10.2. The molecule has 10 nitrogen and oxygen atoms in total. The smallest absolute Gasteiger partial charge is 0.416 e. The van der Waals surface area contributed by atoms with Crippen molar-refractivity contribution in [2.75, 3.05) is 59.0 Å². The zero-order valence-corrected chi connectivity index (χ0v) is 25.7. The lowest BCUT2D eigenvalue weighted by molar-refractivity contribution is -0.137. The van der Waals surface area contributed by atoms with Crippen LogP contribution in [0.2, 0.25) is 0 Å². The molecule has 242 valence electrons. The van der Waals surface area contributed by atoms with Crippen molar-refractivity contribution >= 4 is 33.6 Å². The van der Waals surface area contributed by atoms with Gasteiger partial charge in [-0.05, 0) is 49.2 Å². The van der Waals surface area contributed by atoms with Crippen LogP contribution in [0.25, 0.3) is 10.2 Å². The highest BCUT2D eigenvalue weighted by Crippen LogP contribution is 2.30. The first-order chi connectivity index (χ1) is 20.9. The van der Waals surface area contributed by atoms with Crippen molar-refractivity contribution in [1.82, 2.24) is 19.7 Å². The summed E-state index contributed by atoms with van der Waals surface area (Å²) in [5.74, 6) is -0.266. The van der Waals surface area contributed by atoms with Gasteiger partial charge in [0, 0.05) is 32.7 Å². The van der Waals surface area contributed by atoms with Crippen LogP contribution in [0.4, 0.5) is 18.0 Å². The van der Waals surface area contributed by atoms with Crippen LogP contribution >= 0.6 is 11.3 Å². The van der Waals surface area contributed by atoms with E-state index in [0.717, 1.165) is 42.1 Å². The molecule has 3 N–H and O–H groups in total. The SMILES string of the molecule is CCN(CC)CCN(CCN(CCc1ccc(O)c2[nH]c(=O)sc12)C(=O)O)C(=O)CCOCCc1cccc(C(F)(F)F)c1. The van der Waals surface area contributed by atoms with Crippen LogP contribution in [-0.4, -0.2) is 101 Å². The topological polar surface area (TPSA) is 126 Å². The largest absolute Gasteiger partial charge is 0.506 e. The van der Waals surface area contributed by atoms with E-state index in [1.807, 2.05) is 13.8 Å². The number of aromatic hydroxyl groups is 1. The van der Waals surface area contributed by atoms with Crippen LogP contribution in [0.1, 0.15) is 37.0 Å². The van der Waals surface area contributed by atoms with E-state index < -0.39 is 17.8 Å². The summed E-state index contributed by atoms with van der Waals surface area (Å²) >= 11 is 0.948. The Balaban J connectivity index is 1.56.